The molecule has 1 aromatic heterocycles. The van der Waals surface area contributed by atoms with Crippen LogP contribution < -0.4 is 4.90 Å². The second kappa shape index (κ2) is 8.73. The minimum Gasteiger partial charge on any atom is -0.345 e. The van der Waals surface area contributed by atoms with E-state index in [9.17, 15) is 13.2 Å². The van der Waals surface area contributed by atoms with Gasteiger partial charge >= 0.3 is 0 Å². The highest BCUT2D eigenvalue weighted by Gasteiger charge is 2.25. The van der Waals surface area contributed by atoms with Crippen molar-refractivity contribution in [3.63, 3.8) is 0 Å². The fraction of sp³-hybridized carbons (Fsp3) is 0.364. The number of carbonyl (C=O) groups excluding carboxylic acids is 1. The van der Waals surface area contributed by atoms with E-state index in [0.717, 1.165) is 17.1 Å². The number of fused-ring (bicyclic) bond motifs is 1. The summed E-state index contributed by atoms with van der Waals surface area (Å²) in [5, 5.41) is 0.990. The Morgan fingerprint density at radius 2 is 1.77 bits per heavy atom. The van der Waals surface area contributed by atoms with Crippen molar-refractivity contribution in [3.05, 3.63) is 54.1 Å². The number of sulfone groups is 1. The molecule has 0 atom stereocenters. The van der Waals surface area contributed by atoms with Crippen LogP contribution in [0.25, 0.3) is 10.2 Å². The quantitative estimate of drug-likeness (QED) is 0.584. The van der Waals surface area contributed by atoms with Crippen LogP contribution in [0.4, 0.5) is 5.13 Å². The Labute approximate surface area is 181 Å². The highest BCUT2D eigenvalue weighted by atomic mass is 32.2. The molecule has 0 spiro atoms. The molecular weight excluding hydrogens is 418 g/mol. The Hall–Kier alpha value is -2.45. The third-order valence-electron chi connectivity index (χ3n) is 5.46. The molecule has 0 N–H and O–H groups in total. The van der Waals surface area contributed by atoms with Crippen LogP contribution in [0.2, 0.25) is 0 Å². The minimum atomic E-state index is -3.44. The molecule has 30 heavy (non-hydrogen) atoms. The summed E-state index contributed by atoms with van der Waals surface area (Å²) < 4.78 is 26.0. The summed E-state index contributed by atoms with van der Waals surface area (Å²) >= 11 is 1.69. The SMILES string of the molecule is CCc1cccc2sc(N3CCN(C(=O)CCS(=O)(=O)c4ccccc4)CC3)nc12. The zero-order chi connectivity index (χ0) is 21.1. The molecule has 1 aliphatic heterocycles. The number of thiazole rings is 1. The topological polar surface area (TPSA) is 70.6 Å². The molecule has 3 aromatic rings. The number of hydrogen-bond acceptors (Lipinski definition) is 6. The van der Waals surface area contributed by atoms with E-state index >= 15 is 0 Å². The number of nitrogens with zero attached hydrogens (tertiary/aromatic N) is 3. The van der Waals surface area contributed by atoms with Gasteiger partial charge in [-0.05, 0) is 30.2 Å². The molecule has 1 fully saturated rings. The number of rotatable bonds is 6. The summed E-state index contributed by atoms with van der Waals surface area (Å²) in [6.07, 6.45) is 0.965. The fourth-order valence-electron chi connectivity index (χ4n) is 3.69. The van der Waals surface area contributed by atoms with Crippen LogP contribution in [0, 0.1) is 0 Å². The smallest absolute Gasteiger partial charge is 0.223 e. The van der Waals surface area contributed by atoms with Crippen molar-refractivity contribution in [1.29, 1.82) is 0 Å². The lowest BCUT2D eigenvalue weighted by Crippen LogP contribution is -2.49. The average Bonchev–Trinajstić information content (AvgIpc) is 3.23. The summed E-state index contributed by atoms with van der Waals surface area (Å²) in [6, 6.07) is 14.6. The Morgan fingerprint density at radius 3 is 2.47 bits per heavy atom. The number of aryl methyl sites for hydroxylation is 1. The second-order valence-electron chi connectivity index (χ2n) is 7.36. The molecule has 0 saturated carbocycles. The number of piperazine rings is 1. The Kier molecular flexibility index (Phi) is 6.06. The van der Waals surface area contributed by atoms with Crippen molar-refractivity contribution in [2.75, 3.05) is 36.8 Å². The lowest BCUT2D eigenvalue weighted by Gasteiger charge is -2.34. The van der Waals surface area contributed by atoms with E-state index < -0.39 is 9.84 Å². The predicted molar refractivity (Wildman–Crippen MR) is 121 cm³/mol. The molecule has 6 nitrogen and oxygen atoms in total. The number of benzene rings is 2. The lowest BCUT2D eigenvalue weighted by atomic mass is 10.1. The molecule has 0 unspecified atom stereocenters. The zero-order valence-corrected chi connectivity index (χ0v) is 18.6. The highest BCUT2D eigenvalue weighted by molar-refractivity contribution is 7.91. The van der Waals surface area contributed by atoms with Gasteiger partial charge in [0, 0.05) is 32.6 Å². The van der Waals surface area contributed by atoms with E-state index in [4.69, 9.17) is 4.98 Å². The van der Waals surface area contributed by atoms with Crippen molar-refractivity contribution < 1.29 is 13.2 Å². The van der Waals surface area contributed by atoms with E-state index in [1.54, 1.807) is 46.6 Å². The van der Waals surface area contributed by atoms with E-state index in [0.29, 0.717) is 26.2 Å². The molecule has 0 radical (unpaired) electrons. The molecular formula is C22H25N3O3S2. The first-order valence-electron chi connectivity index (χ1n) is 10.2. The van der Waals surface area contributed by atoms with Crippen LogP contribution in [0.15, 0.2) is 53.4 Å². The van der Waals surface area contributed by atoms with Crippen LogP contribution in [0.1, 0.15) is 18.9 Å². The van der Waals surface area contributed by atoms with Gasteiger partial charge in [-0.2, -0.15) is 0 Å². The first-order valence-corrected chi connectivity index (χ1v) is 12.6. The summed E-state index contributed by atoms with van der Waals surface area (Å²) in [4.78, 5) is 21.7. The summed E-state index contributed by atoms with van der Waals surface area (Å²) in [5.74, 6) is -0.264. The Balaban J connectivity index is 1.35. The standard InChI is InChI=1S/C22H25N3O3S2/c1-2-17-7-6-10-19-21(17)23-22(29-19)25-14-12-24(13-15-25)20(26)11-16-30(27,28)18-8-4-3-5-9-18/h3-10H,2,11-16H2,1H3. The number of amides is 1. The van der Waals surface area contributed by atoms with E-state index in [1.807, 2.05) is 0 Å². The van der Waals surface area contributed by atoms with Crippen molar-refractivity contribution in [3.8, 4) is 0 Å². The number of para-hydroxylation sites is 1. The van der Waals surface area contributed by atoms with Gasteiger partial charge in [-0.15, -0.1) is 0 Å². The maximum atomic E-state index is 12.6. The fourth-order valence-corrected chi connectivity index (χ4v) is 6.00. The first kappa shape index (κ1) is 20.8. The molecule has 1 amide bonds. The number of aromatic nitrogens is 1. The summed E-state index contributed by atoms with van der Waals surface area (Å²) in [6.45, 7) is 4.72. The predicted octanol–water partition coefficient (Wildman–Crippen LogP) is 3.37. The Bertz CT molecular complexity index is 1130. The van der Waals surface area contributed by atoms with E-state index in [1.165, 1.54) is 10.3 Å². The zero-order valence-electron chi connectivity index (χ0n) is 17.0. The average molecular weight is 444 g/mol. The molecule has 4 rings (SSSR count). The number of anilines is 1. The monoisotopic (exact) mass is 443 g/mol. The van der Waals surface area contributed by atoms with Crippen molar-refractivity contribution in [1.82, 2.24) is 9.88 Å². The highest BCUT2D eigenvalue weighted by Crippen LogP contribution is 2.31. The molecule has 0 aliphatic carbocycles. The van der Waals surface area contributed by atoms with Crippen LogP contribution in [-0.2, 0) is 21.1 Å². The van der Waals surface area contributed by atoms with Gasteiger partial charge in [0.05, 0.1) is 20.9 Å². The third kappa shape index (κ3) is 4.34. The molecule has 0 bridgehead atoms. The summed E-state index contributed by atoms with van der Waals surface area (Å²) in [5.41, 5.74) is 2.33. The van der Waals surface area contributed by atoms with Crippen LogP contribution in [-0.4, -0.2) is 56.1 Å². The van der Waals surface area contributed by atoms with Crippen molar-refractivity contribution in [2.24, 2.45) is 0 Å². The summed E-state index contributed by atoms with van der Waals surface area (Å²) in [7, 11) is -3.44. The van der Waals surface area contributed by atoms with Crippen LogP contribution in [0.5, 0.6) is 0 Å². The van der Waals surface area contributed by atoms with Crippen LogP contribution >= 0.6 is 11.3 Å². The first-order chi connectivity index (χ1) is 14.5. The van der Waals surface area contributed by atoms with Crippen LogP contribution in [0.3, 0.4) is 0 Å². The largest absolute Gasteiger partial charge is 0.345 e. The Morgan fingerprint density at radius 1 is 1.03 bits per heavy atom. The van der Waals surface area contributed by atoms with Crippen molar-refractivity contribution in [2.45, 2.75) is 24.7 Å². The van der Waals surface area contributed by atoms with E-state index in [2.05, 4.69) is 30.0 Å². The van der Waals surface area contributed by atoms with Gasteiger partial charge in [0.2, 0.25) is 5.91 Å². The molecule has 1 aliphatic rings. The van der Waals surface area contributed by atoms with Gasteiger partial charge in [0.15, 0.2) is 15.0 Å². The molecule has 1 saturated heterocycles. The van der Waals surface area contributed by atoms with Gasteiger partial charge in [-0.3, -0.25) is 4.79 Å². The maximum Gasteiger partial charge on any atom is 0.223 e. The molecule has 2 aromatic carbocycles. The van der Waals surface area contributed by atoms with Gasteiger partial charge in [0.1, 0.15) is 0 Å². The van der Waals surface area contributed by atoms with Crippen molar-refractivity contribution >= 4 is 42.4 Å². The third-order valence-corrected chi connectivity index (χ3v) is 8.28. The van der Waals surface area contributed by atoms with Gasteiger partial charge in [0.25, 0.3) is 0 Å². The lowest BCUT2D eigenvalue weighted by molar-refractivity contribution is -0.131. The molecule has 158 valence electrons. The maximum absolute atomic E-state index is 12.6. The second-order valence-corrected chi connectivity index (χ2v) is 10.5. The van der Waals surface area contributed by atoms with Gasteiger partial charge in [-0.1, -0.05) is 48.6 Å². The minimum absolute atomic E-state index is 0.0121. The molecule has 8 heteroatoms. The number of hydrogen-bond donors (Lipinski definition) is 0. The van der Waals surface area contributed by atoms with E-state index in [-0.39, 0.29) is 23.0 Å². The number of carbonyl (C=O) groups is 1. The van der Waals surface area contributed by atoms with Gasteiger partial charge in [-0.25, -0.2) is 13.4 Å². The molecule has 2 heterocycles. The normalized spacial score (nSPS) is 15.0. The van der Waals surface area contributed by atoms with Gasteiger partial charge < -0.3 is 9.80 Å².